The Morgan fingerprint density at radius 2 is 1.90 bits per heavy atom. The highest BCUT2D eigenvalue weighted by molar-refractivity contribution is 5.69. The molecule has 0 amide bonds. The van der Waals surface area contributed by atoms with Crippen LogP contribution in [-0.2, 0) is 12.8 Å². The molecule has 2 rings (SSSR count). The first-order chi connectivity index (χ1) is 10.1. The largest absolute Gasteiger partial charge is 0.618 e. The highest BCUT2D eigenvalue weighted by atomic mass is 16.5. The first kappa shape index (κ1) is 15.1. The van der Waals surface area contributed by atoms with E-state index in [4.69, 9.17) is 9.47 Å². The van der Waals surface area contributed by atoms with Gasteiger partial charge in [-0.25, -0.2) is 4.98 Å². The number of ether oxygens (including phenoxy) is 2. The van der Waals surface area contributed by atoms with Crippen LogP contribution >= 0.6 is 0 Å². The van der Waals surface area contributed by atoms with Crippen LogP contribution < -0.4 is 14.2 Å². The normalized spacial score (nSPS) is 10.5. The van der Waals surface area contributed by atoms with Crippen molar-refractivity contribution in [2.24, 2.45) is 0 Å². The van der Waals surface area contributed by atoms with Gasteiger partial charge < -0.3 is 14.7 Å². The van der Waals surface area contributed by atoms with Gasteiger partial charge in [0.1, 0.15) is 22.9 Å². The third-order valence-electron chi connectivity index (χ3n) is 3.42. The summed E-state index contributed by atoms with van der Waals surface area (Å²) in [6, 6.07) is 5.51. The molecular formula is C16H20N2O3. The minimum Gasteiger partial charge on any atom is -0.618 e. The second kappa shape index (κ2) is 6.43. The zero-order valence-corrected chi connectivity index (χ0v) is 12.8. The molecule has 0 atom stereocenters. The Kier molecular flexibility index (Phi) is 4.62. The maximum Gasteiger partial charge on any atom is 0.218 e. The summed E-state index contributed by atoms with van der Waals surface area (Å²) in [5, 5.41) is 12.2. The van der Waals surface area contributed by atoms with Gasteiger partial charge in [0.2, 0.25) is 11.9 Å². The van der Waals surface area contributed by atoms with Crippen molar-refractivity contribution in [2.45, 2.75) is 26.7 Å². The number of hydrogen-bond acceptors (Lipinski definition) is 4. The monoisotopic (exact) mass is 288 g/mol. The molecule has 5 heteroatoms. The fourth-order valence-corrected chi connectivity index (χ4v) is 2.26. The summed E-state index contributed by atoms with van der Waals surface area (Å²) in [6.45, 7) is 3.92. The van der Waals surface area contributed by atoms with Crippen molar-refractivity contribution in [2.75, 3.05) is 14.2 Å². The van der Waals surface area contributed by atoms with E-state index in [0.717, 1.165) is 16.0 Å². The van der Waals surface area contributed by atoms with E-state index in [-0.39, 0.29) is 0 Å². The van der Waals surface area contributed by atoms with Crippen LogP contribution in [0.4, 0.5) is 0 Å². The molecule has 21 heavy (non-hydrogen) atoms. The quantitative estimate of drug-likeness (QED) is 0.626. The fraction of sp³-hybridized carbons (Fsp3) is 0.375. The summed E-state index contributed by atoms with van der Waals surface area (Å²) in [5.41, 5.74) is 2.87. The summed E-state index contributed by atoms with van der Waals surface area (Å²) in [5.74, 6) is 1.35. The molecule has 1 aromatic heterocycles. The van der Waals surface area contributed by atoms with Crippen LogP contribution in [0.5, 0.6) is 11.5 Å². The Hall–Kier alpha value is -2.30. The van der Waals surface area contributed by atoms with Gasteiger partial charge in [0.25, 0.3) is 0 Å². The van der Waals surface area contributed by atoms with Crippen molar-refractivity contribution in [3.8, 4) is 22.8 Å². The van der Waals surface area contributed by atoms with Gasteiger partial charge >= 0.3 is 0 Å². The van der Waals surface area contributed by atoms with Crippen LogP contribution in [0.2, 0.25) is 0 Å². The molecule has 1 aromatic carbocycles. The van der Waals surface area contributed by atoms with Crippen molar-refractivity contribution in [1.29, 1.82) is 0 Å². The van der Waals surface area contributed by atoms with Gasteiger partial charge in [-0.2, -0.15) is 4.73 Å². The smallest absolute Gasteiger partial charge is 0.218 e. The van der Waals surface area contributed by atoms with Crippen LogP contribution in [0.25, 0.3) is 11.3 Å². The molecule has 0 radical (unpaired) electrons. The Bertz CT molecular complexity index is 642. The average molecular weight is 288 g/mol. The van der Waals surface area contributed by atoms with E-state index < -0.39 is 0 Å². The standard InChI is InChI=1S/C16H20N2O3/c1-5-11-10-18(19)14(6-2)16(17-11)13-8-7-12(20-3)9-15(13)21-4/h7-10H,5-6H2,1-4H3. The van der Waals surface area contributed by atoms with Crippen molar-refractivity contribution >= 4 is 0 Å². The molecule has 0 aliphatic rings. The lowest BCUT2D eigenvalue weighted by molar-refractivity contribution is -0.614. The van der Waals surface area contributed by atoms with E-state index in [1.807, 2.05) is 26.0 Å². The van der Waals surface area contributed by atoms with Crippen molar-refractivity contribution in [3.05, 3.63) is 41.0 Å². The van der Waals surface area contributed by atoms with Gasteiger partial charge in [0, 0.05) is 18.1 Å². The lowest BCUT2D eigenvalue weighted by Crippen LogP contribution is -2.33. The number of benzene rings is 1. The highest BCUT2D eigenvalue weighted by Gasteiger charge is 2.20. The third-order valence-corrected chi connectivity index (χ3v) is 3.42. The minimum atomic E-state index is 0.602. The molecule has 1 heterocycles. The number of hydrogen-bond donors (Lipinski definition) is 0. The van der Waals surface area contributed by atoms with E-state index >= 15 is 0 Å². The molecule has 0 saturated heterocycles. The molecule has 0 N–H and O–H groups in total. The number of nitrogens with zero attached hydrogens (tertiary/aromatic N) is 2. The molecule has 5 nitrogen and oxygen atoms in total. The highest BCUT2D eigenvalue weighted by Crippen LogP contribution is 2.33. The first-order valence-electron chi connectivity index (χ1n) is 6.98. The van der Waals surface area contributed by atoms with E-state index in [1.54, 1.807) is 26.5 Å². The maximum absolute atomic E-state index is 12.2. The summed E-state index contributed by atoms with van der Waals surface area (Å²) < 4.78 is 11.5. The van der Waals surface area contributed by atoms with Crippen LogP contribution in [0, 0.1) is 5.21 Å². The lowest BCUT2D eigenvalue weighted by Gasteiger charge is -2.13. The summed E-state index contributed by atoms with van der Waals surface area (Å²) in [7, 11) is 3.20. The van der Waals surface area contributed by atoms with Crippen LogP contribution in [0.1, 0.15) is 25.2 Å². The van der Waals surface area contributed by atoms with Crippen molar-refractivity contribution < 1.29 is 14.2 Å². The molecule has 2 aromatic rings. The molecule has 0 fully saturated rings. The maximum atomic E-state index is 12.2. The number of aromatic nitrogens is 2. The van der Waals surface area contributed by atoms with Crippen molar-refractivity contribution in [1.82, 2.24) is 4.98 Å². The fourth-order valence-electron chi connectivity index (χ4n) is 2.26. The lowest BCUT2D eigenvalue weighted by atomic mass is 10.1. The van der Waals surface area contributed by atoms with E-state index in [9.17, 15) is 5.21 Å². The van der Waals surface area contributed by atoms with Crippen LogP contribution in [0.3, 0.4) is 0 Å². The van der Waals surface area contributed by atoms with E-state index in [1.165, 1.54) is 0 Å². The molecule has 0 bridgehead atoms. The number of rotatable bonds is 5. The summed E-state index contributed by atoms with van der Waals surface area (Å²) in [4.78, 5) is 4.62. The first-order valence-corrected chi connectivity index (χ1v) is 6.98. The topological polar surface area (TPSA) is 58.3 Å². The van der Waals surface area contributed by atoms with Gasteiger partial charge in [-0.05, 0) is 18.6 Å². The Morgan fingerprint density at radius 3 is 2.48 bits per heavy atom. The van der Waals surface area contributed by atoms with Crippen LogP contribution in [0.15, 0.2) is 24.4 Å². The number of methoxy groups -OCH3 is 2. The van der Waals surface area contributed by atoms with E-state index in [0.29, 0.717) is 35.7 Å². The Balaban J connectivity index is 2.67. The second-order valence-electron chi connectivity index (χ2n) is 4.63. The SMILES string of the molecule is CCc1c[n+]([O-])c(CC)c(-c2ccc(OC)cc2OC)n1. The number of aryl methyl sites for hydroxylation is 1. The molecule has 0 saturated carbocycles. The van der Waals surface area contributed by atoms with Gasteiger partial charge in [-0.1, -0.05) is 13.8 Å². The van der Waals surface area contributed by atoms with E-state index in [2.05, 4.69) is 4.98 Å². The summed E-state index contributed by atoms with van der Waals surface area (Å²) in [6.07, 6.45) is 2.85. The molecule has 112 valence electrons. The predicted molar refractivity (Wildman–Crippen MR) is 80.5 cm³/mol. The minimum absolute atomic E-state index is 0.602. The van der Waals surface area contributed by atoms with Crippen LogP contribution in [-0.4, -0.2) is 19.2 Å². The molecule has 0 unspecified atom stereocenters. The molecule has 0 spiro atoms. The molecule has 0 aliphatic heterocycles. The van der Waals surface area contributed by atoms with Gasteiger partial charge in [0.15, 0.2) is 0 Å². The van der Waals surface area contributed by atoms with Gasteiger partial charge in [-0.15, -0.1) is 0 Å². The average Bonchev–Trinajstić information content (AvgIpc) is 2.53. The predicted octanol–water partition coefficient (Wildman–Crippen LogP) is 2.52. The third kappa shape index (κ3) is 2.91. The molecular weight excluding hydrogens is 268 g/mol. The zero-order chi connectivity index (χ0) is 15.4. The Labute approximate surface area is 124 Å². The van der Waals surface area contributed by atoms with Gasteiger partial charge in [0.05, 0.1) is 14.2 Å². The molecule has 0 aliphatic carbocycles. The van der Waals surface area contributed by atoms with Crippen molar-refractivity contribution in [3.63, 3.8) is 0 Å². The zero-order valence-electron chi connectivity index (χ0n) is 12.8. The van der Waals surface area contributed by atoms with Gasteiger partial charge in [-0.3, -0.25) is 0 Å². The Morgan fingerprint density at radius 1 is 1.14 bits per heavy atom. The summed E-state index contributed by atoms with van der Waals surface area (Å²) >= 11 is 0. The second-order valence-corrected chi connectivity index (χ2v) is 4.63.